The zero-order chi connectivity index (χ0) is 11.1. The summed E-state index contributed by atoms with van der Waals surface area (Å²) in [5, 5.41) is 3.11. The molecule has 80 valence electrons. The van der Waals surface area contributed by atoms with Gasteiger partial charge in [0.25, 0.3) is 0 Å². The summed E-state index contributed by atoms with van der Waals surface area (Å²) in [6.07, 6.45) is 0. The molecular weight excluding hydrogens is 190 g/mol. The lowest BCUT2D eigenvalue weighted by Gasteiger charge is -2.22. The van der Waals surface area contributed by atoms with E-state index in [0.717, 1.165) is 11.3 Å². The van der Waals surface area contributed by atoms with Gasteiger partial charge in [-0.25, -0.2) is 4.79 Å². The second-order valence-electron chi connectivity index (χ2n) is 4.74. The SMILES string of the molecule is CC(C)(C)OC(=O)C1Nc2cccc1c2. The number of anilines is 1. The number of esters is 1. The van der Waals surface area contributed by atoms with Crippen molar-refractivity contribution in [2.45, 2.75) is 32.4 Å². The molecule has 0 saturated carbocycles. The molecule has 0 aromatic heterocycles. The molecule has 1 aromatic carbocycles. The molecule has 0 saturated heterocycles. The largest absolute Gasteiger partial charge is 0.458 e. The summed E-state index contributed by atoms with van der Waals surface area (Å²) >= 11 is 0. The van der Waals surface area contributed by atoms with Crippen LogP contribution in [0.3, 0.4) is 0 Å². The van der Waals surface area contributed by atoms with Crippen molar-refractivity contribution in [2.75, 3.05) is 5.32 Å². The first-order valence-corrected chi connectivity index (χ1v) is 5.05. The first-order valence-electron chi connectivity index (χ1n) is 5.05. The number of benzene rings is 1. The molecule has 3 heteroatoms. The van der Waals surface area contributed by atoms with Gasteiger partial charge in [-0.05, 0) is 38.5 Å². The lowest BCUT2D eigenvalue weighted by Crippen LogP contribution is -2.29. The van der Waals surface area contributed by atoms with E-state index in [1.54, 1.807) is 0 Å². The van der Waals surface area contributed by atoms with E-state index in [2.05, 4.69) is 5.32 Å². The van der Waals surface area contributed by atoms with Crippen molar-refractivity contribution in [3.63, 3.8) is 0 Å². The minimum absolute atomic E-state index is 0.219. The minimum Gasteiger partial charge on any atom is -0.458 e. The van der Waals surface area contributed by atoms with Crippen LogP contribution < -0.4 is 5.32 Å². The van der Waals surface area contributed by atoms with Crippen molar-refractivity contribution >= 4 is 11.7 Å². The number of hydrogen-bond acceptors (Lipinski definition) is 3. The van der Waals surface area contributed by atoms with Crippen LogP contribution in [0, 0.1) is 0 Å². The van der Waals surface area contributed by atoms with E-state index in [1.807, 2.05) is 45.0 Å². The third kappa shape index (κ3) is 2.12. The maximum absolute atomic E-state index is 11.8. The molecule has 0 radical (unpaired) electrons. The summed E-state index contributed by atoms with van der Waals surface area (Å²) in [5.41, 5.74) is 1.51. The lowest BCUT2D eigenvalue weighted by atomic mass is 10.1. The monoisotopic (exact) mass is 205 g/mol. The molecule has 1 heterocycles. The van der Waals surface area contributed by atoms with Gasteiger partial charge in [0.05, 0.1) is 0 Å². The van der Waals surface area contributed by atoms with Crippen LogP contribution in [0.15, 0.2) is 24.3 Å². The average molecular weight is 205 g/mol. The van der Waals surface area contributed by atoms with Crippen LogP contribution in [0.25, 0.3) is 0 Å². The highest BCUT2D eigenvalue weighted by molar-refractivity contribution is 5.84. The van der Waals surface area contributed by atoms with Crippen molar-refractivity contribution in [3.8, 4) is 0 Å². The molecule has 0 amide bonds. The highest BCUT2D eigenvalue weighted by atomic mass is 16.6. The molecule has 0 spiro atoms. The normalized spacial score (nSPS) is 18.5. The van der Waals surface area contributed by atoms with Gasteiger partial charge >= 0.3 is 5.97 Å². The number of rotatable bonds is 1. The Morgan fingerprint density at radius 1 is 1.40 bits per heavy atom. The van der Waals surface area contributed by atoms with Crippen LogP contribution in [-0.2, 0) is 9.53 Å². The predicted octanol–water partition coefficient (Wildman–Crippen LogP) is 2.49. The number of carbonyl (C=O) groups is 1. The van der Waals surface area contributed by atoms with E-state index in [0.29, 0.717) is 0 Å². The van der Waals surface area contributed by atoms with Crippen molar-refractivity contribution in [1.82, 2.24) is 0 Å². The molecule has 1 aliphatic rings. The summed E-state index contributed by atoms with van der Waals surface area (Å²) in [4.78, 5) is 11.8. The van der Waals surface area contributed by atoms with Gasteiger partial charge in [0.1, 0.15) is 5.60 Å². The quantitative estimate of drug-likeness (QED) is 0.716. The number of ether oxygens (including phenoxy) is 1. The Bertz CT molecular complexity index is 393. The second-order valence-corrected chi connectivity index (χ2v) is 4.74. The van der Waals surface area contributed by atoms with Crippen molar-refractivity contribution in [1.29, 1.82) is 0 Å². The van der Waals surface area contributed by atoms with E-state index in [1.165, 1.54) is 0 Å². The molecule has 0 aliphatic carbocycles. The van der Waals surface area contributed by atoms with Crippen molar-refractivity contribution in [2.24, 2.45) is 0 Å². The minimum atomic E-state index is -0.436. The maximum atomic E-state index is 11.8. The Kier molecular flexibility index (Phi) is 2.18. The first kappa shape index (κ1) is 10.0. The van der Waals surface area contributed by atoms with Crippen LogP contribution in [-0.4, -0.2) is 11.6 Å². The second kappa shape index (κ2) is 3.26. The first-order chi connectivity index (χ1) is 6.96. The highest BCUT2D eigenvalue weighted by Crippen LogP contribution is 2.30. The van der Waals surface area contributed by atoms with Crippen LogP contribution in [0.2, 0.25) is 0 Å². The zero-order valence-electron chi connectivity index (χ0n) is 9.20. The standard InChI is InChI=1S/C12H15NO2/c1-12(2,3)15-11(14)10-8-5-4-6-9(7-8)13-10/h4-7,10,13H,1-3H3. The Morgan fingerprint density at radius 3 is 2.73 bits per heavy atom. The molecule has 1 N–H and O–H groups in total. The molecule has 1 unspecified atom stereocenters. The summed E-state index contributed by atoms with van der Waals surface area (Å²) in [6.45, 7) is 5.61. The molecule has 1 aliphatic heterocycles. The van der Waals surface area contributed by atoms with E-state index >= 15 is 0 Å². The molecule has 1 aromatic rings. The summed E-state index contributed by atoms with van der Waals surface area (Å²) in [7, 11) is 0. The fourth-order valence-corrected chi connectivity index (χ4v) is 1.61. The molecular formula is C12H15NO2. The molecule has 15 heavy (non-hydrogen) atoms. The molecule has 1 atom stereocenters. The molecule has 2 bridgehead atoms. The van der Waals surface area contributed by atoms with Crippen LogP contribution >= 0.6 is 0 Å². The number of hydrogen-bond donors (Lipinski definition) is 1. The fourth-order valence-electron chi connectivity index (χ4n) is 1.61. The van der Waals surface area contributed by atoms with Crippen molar-refractivity contribution < 1.29 is 9.53 Å². The van der Waals surface area contributed by atoms with Gasteiger partial charge in [-0.3, -0.25) is 0 Å². The van der Waals surface area contributed by atoms with E-state index in [-0.39, 0.29) is 12.0 Å². The number of carbonyl (C=O) groups excluding carboxylic acids is 1. The van der Waals surface area contributed by atoms with Gasteiger partial charge in [-0.2, -0.15) is 0 Å². The molecule has 0 fully saturated rings. The van der Waals surface area contributed by atoms with Gasteiger partial charge < -0.3 is 10.1 Å². The highest BCUT2D eigenvalue weighted by Gasteiger charge is 2.29. The van der Waals surface area contributed by atoms with Crippen LogP contribution in [0.5, 0.6) is 0 Å². The Morgan fingerprint density at radius 2 is 2.13 bits per heavy atom. The number of nitrogens with one attached hydrogen (secondary N) is 1. The Balaban J connectivity index is 2.11. The van der Waals surface area contributed by atoms with E-state index in [4.69, 9.17) is 4.74 Å². The summed E-state index contributed by atoms with van der Waals surface area (Å²) < 4.78 is 5.33. The summed E-state index contributed by atoms with van der Waals surface area (Å²) in [5.74, 6) is -0.219. The molecule has 2 rings (SSSR count). The summed E-state index contributed by atoms with van der Waals surface area (Å²) in [6, 6.07) is 7.43. The van der Waals surface area contributed by atoms with Gasteiger partial charge in [0.15, 0.2) is 6.04 Å². The van der Waals surface area contributed by atoms with Crippen LogP contribution in [0.4, 0.5) is 5.69 Å². The molecule has 3 nitrogen and oxygen atoms in total. The lowest BCUT2D eigenvalue weighted by molar-refractivity contribution is -0.155. The van der Waals surface area contributed by atoms with E-state index in [9.17, 15) is 4.79 Å². The Labute approximate surface area is 89.4 Å². The van der Waals surface area contributed by atoms with Gasteiger partial charge in [-0.15, -0.1) is 0 Å². The third-order valence-corrected chi connectivity index (χ3v) is 2.17. The maximum Gasteiger partial charge on any atom is 0.333 e. The van der Waals surface area contributed by atoms with Crippen molar-refractivity contribution in [3.05, 3.63) is 29.8 Å². The van der Waals surface area contributed by atoms with Gasteiger partial charge in [0, 0.05) is 5.69 Å². The van der Waals surface area contributed by atoms with Gasteiger partial charge in [0.2, 0.25) is 0 Å². The third-order valence-electron chi connectivity index (χ3n) is 2.17. The number of fused-ring (bicyclic) bond motifs is 2. The van der Waals surface area contributed by atoms with E-state index < -0.39 is 5.60 Å². The zero-order valence-corrected chi connectivity index (χ0v) is 9.20. The fraction of sp³-hybridized carbons (Fsp3) is 0.417. The Hall–Kier alpha value is -1.51. The van der Waals surface area contributed by atoms with Crippen LogP contribution in [0.1, 0.15) is 32.4 Å². The topological polar surface area (TPSA) is 38.3 Å². The average Bonchev–Trinajstić information content (AvgIpc) is 2.38. The smallest absolute Gasteiger partial charge is 0.333 e. The van der Waals surface area contributed by atoms with Gasteiger partial charge in [-0.1, -0.05) is 12.1 Å². The predicted molar refractivity (Wildman–Crippen MR) is 58.7 cm³/mol.